The summed E-state index contributed by atoms with van der Waals surface area (Å²) in [7, 11) is 0. The minimum absolute atomic E-state index is 0.479. The number of rotatable bonds is 5. The lowest BCUT2D eigenvalue weighted by molar-refractivity contribution is 0.366. The Morgan fingerprint density at radius 2 is 1.92 bits per heavy atom. The van der Waals surface area contributed by atoms with Crippen molar-refractivity contribution in [2.24, 2.45) is 0 Å². The van der Waals surface area contributed by atoms with Gasteiger partial charge in [0.1, 0.15) is 11.5 Å². The predicted octanol–water partition coefficient (Wildman–Crippen LogP) is 2.34. The fraction of sp³-hybridized carbons (Fsp3) is 0.600. The van der Waals surface area contributed by atoms with Gasteiger partial charge in [-0.3, -0.25) is 0 Å². The van der Waals surface area contributed by atoms with Crippen molar-refractivity contribution in [1.29, 1.82) is 0 Å². The molecule has 0 fully saturated rings. The third-order valence-electron chi connectivity index (χ3n) is 1.96. The van der Waals surface area contributed by atoms with E-state index in [-0.39, 0.29) is 0 Å². The van der Waals surface area contributed by atoms with Crippen molar-refractivity contribution < 1.29 is 8.83 Å². The average molecular weight is 183 g/mol. The summed E-state index contributed by atoms with van der Waals surface area (Å²) < 4.78 is 9.70. The van der Waals surface area contributed by atoms with Gasteiger partial charge in [0.2, 0.25) is 0 Å². The molecular weight excluding hydrogens is 168 g/mol. The minimum Gasteiger partial charge on any atom is -0.396 e. The van der Waals surface area contributed by atoms with Gasteiger partial charge in [0.25, 0.3) is 0 Å². The number of aryl methyl sites for hydroxylation is 1. The van der Waals surface area contributed by atoms with Crippen LogP contribution in [-0.4, -0.2) is 0 Å². The third-order valence-corrected chi connectivity index (χ3v) is 1.96. The Kier molecular flexibility index (Phi) is 3.80. The second-order valence-electron chi connectivity index (χ2n) is 3.01. The van der Waals surface area contributed by atoms with Gasteiger partial charge in [-0.1, -0.05) is 19.8 Å². The van der Waals surface area contributed by atoms with E-state index in [2.05, 4.69) is 13.8 Å². The smallest absolute Gasteiger partial charge is 0.396 e. The van der Waals surface area contributed by atoms with E-state index in [1.807, 2.05) is 0 Å². The van der Waals surface area contributed by atoms with Crippen molar-refractivity contribution in [3.8, 4) is 0 Å². The third kappa shape index (κ3) is 2.76. The molecule has 0 amide bonds. The van der Waals surface area contributed by atoms with E-state index in [1.165, 1.54) is 0 Å². The molecule has 73 valence electrons. The van der Waals surface area contributed by atoms with E-state index < -0.39 is 5.82 Å². The monoisotopic (exact) mass is 183 g/mol. The van der Waals surface area contributed by atoms with Gasteiger partial charge in [-0.2, -0.15) is 0 Å². The maximum atomic E-state index is 10.7. The molecule has 1 heterocycles. The lowest BCUT2D eigenvalue weighted by Gasteiger charge is -1.95. The Labute approximate surface area is 77.7 Å². The highest BCUT2D eigenvalue weighted by Gasteiger charge is 2.09. The van der Waals surface area contributed by atoms with Crippen LogP contribution in [0.4, 0.5) is 0 Å². The average Bonchev–Trinajstić information content (AvgIpc) is 2.47. The summed E-state index contributed by atoms with van der Waals surface area (Å²) in [4.78, 5) is 10.7. The molecule has 0 N–H and O–H groups in total. The largest absolute Gasteiger partial charge is 0.519 e. The Bertz CT molecular complexity index is 295. The molecule has 0 unspecified atom stereocenters. The van der Waals surface area contributed by atoms with Gasteiger partial charge in [-0.05, 0) is 13.3 Å². The van der Waals surface area contributed by atoms with Crippen LogP contribution < -0.4 is 5.82 Å². The summed E-state index contributed by atoms with van der Waals surface area (Å²) in [6.07, 6.45) is 4.59. The zero-order valence-electron chi connectivity index (χ0n) is 7.97. The number of unbranched alkanes of at least 4 members (excludes halogenated alkanes) is 2. The second-order valence-corrected chi connectivity index (χ2v) is 3.01. The highest BCUT2D eigenvalue weighted by molar-refractivity contribution is 5.04. The first-order valence-electron chi connectivity index (χ1n) is 4.68. The van der Waals surface area contributed by atoms with Crippen molar-refractivity contribution in [3.63, 3.8) is 0 Å². The number of hydrogen-bond acceptors (Lipinski definition) is 3. The summed E-state index contributed by atoms with van der Waals surface area (Å²) in [5, 5.41) is 0. The Morgan fingerprint density at radius 1 is 1.23 bits per heavy atom. The molecule has 3 heteroatoms. The van der Waals surface area contributed by atoms with Gasteiger partial charge in [0.15, 0.2) is 0 Å². The summed E-state index contributed by atoms with van der Waals surface area (Å²) in [5.41, 5.74) is 0. The van der Waals surface area contributed by atoms with Crippen molar-refractivity contribution >= 4 is 0 Å². The fourth-order valence-electron chi connectivity index (χ4n) is 1.25. The second kappa shape index (κ2) is 4.90. The first-order chi connectivity index (χ1) is 6.27. The van der Waals surface area contributed by atoms with Gasteiger partial charge in [0, 0.05) is 12.8 Å². The van der Waals surface area contributed by atoms with Gasteiger partial charge >= 0.3 is 5.82 Å². The molecule has 0 atom stereocenters. The molecule has 3 nitrogen and oxygen atoms in total. The standard InChI is InChI=1S/C10H15O3/c1-3-5-6-7-9-8(4-2)12-10(11)13-9/h2-7H2,1H3. The molecule has 13 heavy (non-hydrogen) atoms. The molecule has 1 aromatic rings. The summed E-state index contributed by atoms with van der Waals surface area (Å²) >= 11 is 0. The normalized spacial score (nSPS) is 10.6. The fourth-order valence-corrected chi connectivity index (χ4v) is 1.25. The van der Waals surface area contributed by atoms with Crippen LogP contribution in [0, 0.1) is 6.92 Å². The molecule has 0 saturated heterocycles. The van der Waals surface area contributed by atoms with Crippen LogP contribution in [0.5, 0.6) is 0 Å². The van der Waals surface area contributed by atoms with Gasteiger partial charge < -0.3 is 8.83 Å². The molecule has 1 aromatic heterocycles. The first kappa shape index (κ1) is 10.1. The van der Waals surface area contributed by atoms with Crippen LogP contribution >= 0.6 is 0 Å². The lowest BCUT2D eigenvalue weighted by atomic mass is 10.1. The van der Waals surface area contributed by atoms with E-state index in [9.17, 15) is 4.79 Å². The maximum Gasteiger partial charge on any atom is 0.519 e. The zero-order chi connectivity index (χ0) is 9.68. The summed E-state index contributed by atoms with van der Waals surface area (Å²) in [5.74, 6) is 0.666. The predicted molar refractivity (Wildman–Crippen MR) is 49.5 cm³/mol. The Morgan fingerprint density at radius 3 is 2.54 bits per heavy atom. The Balaban J connectivity index is 2.59. The highest BCUT2D eigenvalue weighted by atomic mass is 16.6. The minimum atomic E-state index is -0.606. The van der Waals surface area contributed by atoms with Gasteiger partial charge in [-0.15, -0.1) is 0 Å². The summed E-state index contributed by atoms with van der Waals surface area (Å²) in [6, 6.07) is 0. The zero-order valence-corrected chi connectivity index (χ0v) is 7.97. The van der Waals surface area contributed by atoms with Crippen LogP contribution in [0.1, 0.15) is 37.7 Å². The maximum absolute atomic E-state index is 10.7. The molecule has 0 aliphatic heterocycles. The molecule has 0 aliphatic carbocycles. The van der Waals surface area contributed by atoms with E-state index in [0.717, 1.165) is 25.7 Å². The van der Waals surface area contributed by atoms with Crippen molar-refractivity contribution in [2.45, 2.75) is 39.0 Å². The van der Waals surface area contributed by atoms with E-state index >= 15 is 0 Å². The van der Waals surface area contributed by atoms with Crippen molar-refractivity contribution in [2.75, 3.05) is 0 Å². The molecule has 0 spiro atoms. The van der Waals surface area contributed by atoms with Crippen LogP contribution in [0.15, 0.2) is 13.6 Å². The molecule has 0 aliphatic rings. The molecule has 0 saturated carbocycles. The van der Waals surface area contributed by atoms with Gasteiger partial charge in [0.05, 0.1) is 0 Å². The van der Waals surface area contributed by atoms with Crippen LogP contribution in [0.2, 0.25) is 0 Å². The highest BCUT2D eigenvalue weighted by Crippen LogP contribution is 2.11. The van der Waals surface area contributed by atoms with Gasteiger partial charge in [-0.25, -0.2) is 4.79 Å². The van der Waals surface area contributed by atoms with E-state index in [0.29, 0.717) is 17.9 Å². The molecule has 1 radical (unpaired) electrons. The number of hydrogen-bond donors (Lipinski definition) is 0. The van der Waals surface area contributed by atoms with Crippen LogP contribution in [0.25, 0.3) is 0 Å². The Hall–Kier alpha value is -0.990. The van der Waals surface area contributed by atoms with Crippen molar-refractivity contribution in [1.82, 2.24) is 0 Å². The molecule has 0 bridgehead atoms. The van der Waals surface area contributed by atoms with Crippen LogP contribution in [-0.2, 0) is 12.8 Å². The van der Waals surface area contributed by atoms with Crippen molar-refractivity contribution in [3.05, 3.63) is 29.1 Å². The topological polar surface area (TPSA) is 43.4 Å². The quantitative estimate of drug-likeness (QED) is 0.658. The molecular formula is C10H15O3. The molecule has 1 rings (SSSR count). The van der Waals surface area contributed by atoms with E-state index in [1.54, 1.807) is 0 Å². The first-order valence-corrected chi connectivity index (χ1v) is 4.68. The SMILES string of the molecule is [CH2]Cc1oc(=O)oc1CCCCC. The molecule has 0 aromatic carbocycles. The lowest BCUT2D eigenvalue weighted by Crippen LogP contribution is -1.88. The van der Waals surface area contributed by atoms with E-state index in [4.69, 9.17) is 8.83 Å². The van der Waals surface area contributed by atoms with Crippen LogP contribution in [0.3, 0.4) is 0 Å². The summed E-state index contributed by atoms with van der Waals surface area (Å²) in [6.45, 7) is 5.80.